The monoisotopic (exact) mass is 654 g/mol. The second-order valence-electron chi connectivity index (χ2n) is 8.90. The molecule has 0 amide bonds. The average Bonchev–Trinajstić information content (AvgIpc) is 2.89. The van der Waals surface area contributed by atoms with Crippen LogP contribution in [0.25, 0.3) is 0 Å². The number of unbranched alkanes of at least 4 members (excludes halogenated alkanes) is 12. The number of hydrogen-bond acceptors (Lipinski definition) is 4. The van der Waals surface area contributed by atoms with E-state index in [0.29, 0.717) is 19.4 Å². The smallest absolute Gasteiger partial charge is 0.306 e. The lowest BCUT2D eigenvalue weighted by Crippen LogP contribution is -2.04. The van der Waals surface area contributed by atoms with E-state index in [2.05, 4.69) is 57.9 Å². The minimum Gasteiger partial charge on any atom is -0.481 e. The Hall–Kier alpha value is -0.660. The average molecular weight is 657 g/mol. The molecular weight excluding hydrogens is 600 g/mol. The predicted octanol–water partition coefficient (Wildman–Crippen LogP) is 9.54. The van der Waals surface area contributed by atoms with Crippen molar-refractivity contribution in [3.05, 3.63) is 24.3 Å². The Balaban J connectivity index is -0.000000515. The van der Waals surface area contributed by atoms with Crippen LogP contribution in [0.3, 0.4) is 0 Å². The Kier molecular flexibility index (Phi) is 44.0. The molecule has 5 nitrogen and oxygen atoms in total. The van der Waals surface area contributed by atoms with Crippen LogP contribution < -0.4 is 0 Å². The molecule has 0 saturated heterocycles. The highest BCUT2D eigenvalue weighted by atomic mass is 79.9. The van der Waals surface area contributed by atoms with Gasteiger partial charge in [0.1, 0.15) is 6.61 Å². The van der Waals surface area contributed by atoms with E-state index in [9.17, 15) is 9.59 Å². The van der Waals surface area contributed by atoms with E-state index in [4.69, 9.17) is 14.9 Å². The van der Waals surface area contributed by atoms with E-state index in [1.807, 2.05) is 12.2 Å². The van der Waals surface area contributed by atoms with Gasteiger partial charge in [0, 0.05) is 23.5 Å². The summed E-state index contributed by atoms with van der Waals surface area (Å²) < 4.78 is 5.11. The molecule has 0 aromatic carbocycles. The van der Waals surface area contributed by atoms with Gasteiger partial charge in [-0.05, 0) is 51.4 Å². The number of allylic oxidation sites excluding steroid dienone is 2. The molecule has 0 rings (SSSR count). The molecule has 0 saturated carbocycles. The van der Waals surface area contributed by atoms with Crippen LogP contribution in [0.5, 0.6) is 0 Å². The second kappa shape index (κ2) is 39.8. The van der Waals surface area contributed by atoms with E-state index in [1.165, 1.54) is 51.4 Å². The normalized spacial score (nSPS) is 10.6. The maximum absolute atomic E-state index is 11.3. The number of carboxylic acids is 1. The fraction of sp³-hybridized carbons (Fsp3) is 0.800. The first-order chi connectivity index (χ1) is 18.0. The van der Waals surface area contributed by atoms with E-state index >= 15 is 0 Å². The number of ether oxygens (including phenoxy) is 1. The van der Waals surface area contributed by atoms with Crippen LogP contribution in [0.15, 0.2) is 24.3 Å². The van der Waals surface area contributed by atoms with Gasteiger partial charge in [0.05, 0.1) is 6.61 Å². The second-order valence-corrected chi connectivity index (χ2v) is 10.5. The molecule has 0 unspecified atom stereocenters. The van der Waals surface area contributed by atoms with Gasteiger partial charge in [-0.15, -0.1) is 0 Å². The van der Waals surface area contributed by atoms with Gasteiger partial charge < -0.3 is 14.9 Å². The molecular formula is C30H56Br2O5. The number of aliphatic carboxylic acids is 1. The van der Waals surface area contributed by atoms with Gasteiger partial charge in [0.25, 0.3) is 0 Å². The third-order valence-corrected chi connectivity index (χ3v) is 6.39. The first-order valence-electron chi connectivity index (χ1n) is 14.4. The quantitative estimate of drug-likeness (QED) is 0.0496. The number of carbonyl (C=O) groups excluding carboxylic acids is 1. The maximum Gasteiger partial charge on any atom is 0.306 e. The largest absolute Gasteiger partial charge is 0.481 e. The van der Waals surface area contributed by atoms with Crippen molar-refractivity contribution in [3.63, 3.8) is 0 Å². The van der Waals surface area contributed by atoms with Crippen molar-refractivity contribution < 1.29 is 24.5 Å². The number of halogens is 2. The molecule has 0 atom stereocenters. The van der Waals surface area contributed by atoms with Crippen LogP contribution >= 0.6 is 31.9 Å². The molecule has 0 aliphatic carbocycles. The first kappa shape index (κ1) is 40.8. The van der Waals surface area contributed by atoms with Gasteiger partial charge in [-0.3, -0.25) is 9.59 Å². The summed E-state index contributed by atoms with van der Waals surface area (Å²) in [6, 6.07) is 0. The maximum atomic E-state index is 11.3. The Morgan fingerprint density at radius 3 is 1.59 bits per heavy atom. The number of alkyl halides is 2. The molecule has 0 spiro atoms. The number of carboxylic acid groups (broad SMARTS) is 1. The minimum atomic E-state index is -0.690. The molecule has 2 N–H and O–H groups in total. The molecule has 0 heterocycles. The van der Waals surface area contributed by atoms with Gasteiger partial charge in [-0.25, -0.2) is 0 Å². The van der Waals surface area contributed by atoms with Crippen LogP contribution in [0.4, 0.5) is 0 Å². The summed E-state index contributed by atoms with van der Waals surface area (Å²) in [5.41, 5.74) is 0. The Bertz CT molecular complexity index is 510. The van der Waals surface area contributed by atoms with Crippen molar-refractivity contribution in [3.8, 4) is 0 Å². The number of rotatable bonds is 23. The van der Waals surface area contributed by atoms with Crippen molar-refractivity contribution in [2.45, 2.75) is 129 Å². The van der Waals surface area contributed by atoms with Crippen molar-refractivity contribution >= 4 is 43.8 Å². The molecule has 0 aliphatic heterocycles. The van der Waals surface area contributed by atoms with Gasteiger partial charge in [0.2, 0.25) is 0 Å². The summed E-state index contributed by atoms with van der Waals surface area (Å²) in [5.74, 6) is -0.759. The van der Waals surface area contributed by atoms with Crippen molar-refractivity contribution in [1.29, 1.82) is 0 Å². The first-order valence-corrected chi connectivity index (χ1v) is 16.6. The predicted molar refractivity (Wildman–Crippen MR) is 166 cm³/mol. The molecule has 0 aromatic heterocycles. The summed E-state index contributed by atoms with van der Waals surface area (Å²) in [4.78, 5) is 21.3. The van der Waals surface area contributed by atoms with E-state index < -0.39 is 5.97 Å². The zero-order chi connectivity index (χ0) is 28.2. The zero-order valence-electron chi connectivity index (χ0n) is 23.7. The third kappa shape index (κ3) is 48.9. The lowest BCUT2D eigenvalue weighted by molar-refractivity contribution is -0.142. The van der Waals surface area contributed by atoms with Crippen molar-refractivity contribution in [2.75, 3.05) is 23.9 Å². The Morgan fingerprint density at radius 2 is 1.14 bits per heavy atom. The molecule has 0 bridgehead atoms. The van der Waals surface area contributed by atoms with Crippen molar-refractivity contribution in [1.82, 2.24) is 0 Å². The van der Waals surface area contributed by atoms with Crippen molar-refractivity contribution in [2.24, 2.45) is 0 Å². The summed E-state index contributed by atoms with van der Waals surface area (Å²) in [5, 5.41) is 18.6. The van der Waals surface area contributed by atoms with Crippen LogP contribution in [0.2, 0.25) is 0 Å². The third-order valence-electron chi connectivity index (χ3n) is 5.27. The van der Waals surface area contributed by atoms with Crippen LogP contribution in [0, 0.1) is 0 Å². The van der Waals surface area contributed by atoms with Gasteiger partial charge in [0.15, 0.2) is 0 Å². The molecule has 0 aromatic rings. The number of aliphatic hydroxyl groups is 1. The SMILES string of the molecule is CCCCCC/C=C\CO.CCCCCC/C=C\COC(=O)CCCCCBr.O=C(O)CCCCCBr. The lowest BCUT2D eigenvalue weighted by Gasteiger charge is -2.01. The van der Waals surface area contributed by atoms with Crippen LogP contribution in [-0.2, 0) is 14.3 Å². The Morgan fingerprint density at radius 1 is 0.649 bits per heavy atom. The number of aliphatic hydroxyl groups excluding tert-OH is 1. The highest BCUT2D eigenvalue weighted by molar-refractivity contribution is 9.09. The highest BCUT2D eigenvalue weighted by Crippen LogP contribution is 2.05. The molecule has 37 heavy (non-hydrogen) atoms. The minimum absolute atomic E-state index is 0.0693. The molecule has 0 fully saturated rings. The number of carbonyl (C=O) groups is 2. The standard InChI is InChI=1S/C15H27BrO2.C9H18O.C6H11BrO2/c1-2-3-4-5-6-7-11-14-18-15(17)12-9-8-10-13-16;1-2-3-4-5-6-7-8-9-10;7-5-3-1-2-4-6(8)9/h7,11H,2-6,8-10,12-14H2,1H3;7-8,10H,2-6,9H2,1H3;1-5H2,(H,8,9)/b11-7-;8-7-;. The van der Waals surface area contributed by atoms with Gasteiger partial charge in [-0.2, -0.15) is 0 Å². The summed E-state index contributed by atoms with van der Waals surface area (Å²) >= 11 is 6.64. The number of esters is 1. The Labute approximate surface area is 245 Å². The fourth-order valence-electron chi connectivity index (χ4n) is 3.06. The highest BCUT2D eigenvalue weighted by Gasteiger charge is 2.00. The molecule has 0 radical (unpaired) electrons. The molecule has 0 aliphatic rings. The molecule has 7 heteroatoms. The summed E-state index contributed by atoms with van der Waals surface area (Å²) in [6.07, 6.45) is 27.4. The van der Waals surface area contributed by atoms with Gasteiger partial charge in [-0.1, -0.05) is 121 Å². The van der Waals surface area contributed by atoms with Gasteiger partial charge >= 0.3 is 11.9 Å². The van der Waals surface area contributed by atoms with E-state index in [1.54, 1.807) is 0 Å². The van der Waals surface area contributed by atoms with E-state index in [0.717, 1.165) is 62.0 Å². The van der Waals surface area contributed by atoms with Crippen LogP contribution in [-0.4, -0.2) is 46.0 Å². The fourth-order valence-corrected chi connectivity index (χ4v) is 3.85. The zero-order valence-corrected chi connectivity index (χ0v) is 26.9. The van der Waals surface area contributed by atoms with Crippen LogP contribution in [0.1, 0.15) is 129 Å². The topological polar surface area (TPSA) is 83.8 Å². The molecule has 220 valence electrons. The summed E-state index contributed by atoms with van der Waals surface area (Å²) in [6.45, 7) is 5.05. The number of hydrogen-bond donors (Lipinski definition) is 2. The lowest BCUT2D eigenvalue weighted by atomic mass is 10.1. The van der Waals surface area contributed by atoms with E-state index in [-0.39, 0.29) is 12.6 Å². The summed E-state index contributed by atoms with van der Waals surface area (Å²) in [7, 11) is 0.